The van der Waals surface area contributed by atoms with Crippen LogP contribution in [-0.2, 0) is 10.0 Å². The summed E-state index contributed by atoms with van der Waals surface area (Å²) in [5.74, 6) is -1.22. The number of hydrogen-bond donors (Lipinski definition) is 2. The molecule has 6 nitrogen and oxygen atoms in total. The van der Waals surface area contributed by atoms with Crippen molar-refractivity contribution in [1.82, 2.24) is 0 Å². The van der Waals surface area contributed by atoms with Gasteiger partial charge in [0.2, 0.25) is 0 Å². The second kappa shape index (κ2) is 8.85. The molecule has 3 aromatic rings. The van der Waals surface area contributed by atoms with Crippen molar-refractivity contribution in [3.63, 3.8) is 0 Å². The van der Waals surface area contributed by atoms with Crippen molar-refractivity contribution >= 4 is 43.2 Å². The molecule has 3 aromatic carbocycles. The zero-order chi connectivity index (χ0) is 21.9. The lowest BCUT2D eigenvalue weighted by Crippen LogP contribution is -2.17. The first-order valence-corrected chi connectivity index (χ1v) is 11.0. The van der Waals surface area contributed by atoms with Gasteiger partial charge in [0.05, 0.1) is 12.8 Å². The Morgan fingerprint density at radius 1 is 1.03 bits per heavy atom. The zero-order valence-electron chi connectivity index (χ0n) is 16.1. The van der Waals surface area contributed by atoms with E-state index in [1.807, 2.05) is 6.92 Å². The molecule has 0 saturated heterocycles. The van der Waals surface area contributed by atoms with Gasteiger partial charge in [0, 0.05) is 15.7 Å². The molecule has 0 fully saturated rings. The molecule has 0 aromatic heterocycles. The second-order valence-corrected chi connectivity index (χ2v) is 8.98. The minimum absolute atomic E-state index is 0.0267. The number of ether oxygens (including phenoxy) is 1. The Labute approximate surface area is 182 Å². The molecule has 0 radical (unpaired) electrons. The van der Waals surface area contributed by atoms with E-state index in [0.717, 1.165) is 5.56 Å². The number of carbonyl (C=O) groups is 1. The number of methoxy groups -OCH3 is 1. The van der Waals surface area contributed by atoms with Crippen LogP contribution in [0.1, 0.15) is 15.9 Å². The van der Waals surface area contributed by atoms with Crippen LogP contribution in [0.5, 0.6) is 5.75 Å². The predicted octanol–water partition coefficient (Wildman–Crippen LogP) is 4.96. The summed E-state index contributed by atoms with van der Waals surface area (Å²) >= 11 is 3.15. The SMILES string of the molecule is COc1ccc(C(=O)Nc2ccc(Br)cc2F)cc1S(=O)(=O)Nc1ccc(C)cc1. The molecule has 0 bridgehead atoms. The fourth-order valence-corrected chi connectivity index (χ4v) is 4.23. The monoisotopic (exact) mass is 492 g/mol. The first-order chi connectivity index (χ1) is 14.2. The highest BCUT2D eigenvalue weighted by Crippen LogP contribution is 2.28. The smallest absolute Gasteiger partial charge is 0.265 e. The number of nitrogens with one attached hydrogen (secondary N) is 2. The number of aryl methyl sites for hydroxylation is 1. The van der Waals surface area contributed by atoms with Crippen molar-refractivity contribution in [3.05, 3.63) is 82.1 Å². The van der Waals surface area contributed by atoms with Gasteiger partial charge in [0.15, 0.2) is 0 Å². The molecule has 0 unspecified atom stereocenters. The van der Waals surface area contributed by atoms with Gasteiger partial charge in [-0.05, 0) is 55.5 Å². The number of amides is 1. The maximum absolute atomic E-state index is 14.0. The standard InChI is InChI=1S/C21H18BrFN2O4S/c1-13-3-7-16(8-4-13)25-30(27,28)20-11-14(5-10-19(20)29-2)21(26)24-18-9-6-15(22)12-17(18)23/h3-12,25H,1-2H3,(H,24,26). The summed E-state index contributed by atoms with van der Waals surface area (Å²) in [5, 5.41) is 2.43. The first kappa shape index (κ1) is 21.8. The van der Waals surface area contributed by atoms with Gasteiger partial charge in [-0.15, -0.1) is 0 Å². The zero-order valence-corrected chi connectivity index (χ0v) is 18.5. The summed E-state index contributed by atoms with van der Waals surface area (Å²) in [6.45, 7) is 1.89. The Balaban J connectivity index is 1.92. The van der Waals surface area contributed by atoms with Crippen LogP contribution in [-0.4, -0.2) is 21.4 Å². The summed E-state index contributed by atoms with van der Waals surface area (Å²) in [7, 11) is -2.72. The lowest BCUT2D eigenvalue weighted by atomic mass is 10.2. The molecule has 0 aliphatic rings. The van der Waals surface area contributed by atoms with Crippen LogP contribution in [0.3, 0.4) is 0 Å². The first-order valence-electron chi connectivity index (χ1n) is 8.73. The topological polar surface area (TPSA) is 84.5 Å². The van der Waals surface area contributed by atoms with Crippen molar-refractivity contribution in [2.24, 2.45) is 0 Å². The predicted molar refractivity (Wildman–Crippen MR) is 117 cm³/mol. The highest BCUT2D eigenvalue weighted by Gasteiger charge is 2.22. The minimum atomic E-state index is -4.05. The number of hydrogen-bond acceptors (Lipinski definition) is 4. The van der Waals surface area contributed by atoms with E-state index in [1.54, 1.807) is 30.3 Å². The van der Waals surface area contributed by atoms with Gasteiger partial charge in [-0.3, -0.25) is 9.52 Å². The summed E-state index contributed by atoms with van der Waals surface area (Å²) in [6.07, 6.45) is 0. The molecule has 1 amide bonds. The lowest BCUT2D eigenvalue weighted by Gasteiger charge is -2.13. The van der Waals surface area contributed by atoms with Crippen LogP contribution < -0.4 is 14.8 Å². The summed E-state index contributed by atoms with van der Waals surface area (Å²) in [4.78, 5) is 12.4. The molecule has 9 heteroatoms. The van der Waals surface area contributed by atoms with E-state index in [9.17, 15) is 17.6 Å². The molecule has 0 saturated carbocycles. The Bertz CT molecular complexity index is 1200. The number of sulfonamides is 1. The highest BCUT2D eigenvalue weighted by atomic mass is 79.9. The maximum atomic E-state index is 14.0. The lowest BCUT2D eigenvalue weighted by molar-refractivity contribution is 0.102. The van der Waals surface area contributed by atoms with E-state index in [4.69, 9.17) is 4.74 Å². The number of anilines is 2. The van der Waals surface area contributed by atoms with Crippen LogP contribution in [0.4, 0.5) is 15.8 Å². The summed E-state index contributed by atoms with van der Waals surface area (Å²) < 4.78 is 48.0. The molecule has 3 rings (SSSR count). The summed E-state index contributed by atoms with van der Waals surface area (Å²) in [6, 6.07) is 14.9. The van der Waals surface area contributed by atoms with Gasteiger partial charge in [-0.2, -0.15) is 0 Å². The summed E-state index contributed by atoms with van der Waals surface area (Å²) in [5.41, 5.74) is 1.35. The molecule has 156 valence electrons. The van der Waals surface area contributed by atoms with E-state index in [1.165, 1.54) is 37.4 Å². The quantitative estimate of drug-likeness (QED) is 0.509. The van der Waals surface area contributed by atoms with Crippen LogP contribution >= 0.6 is 15.9 Å². The average Bonchev–Trinajstić information content (AvgIpc) is 2.71. The fraction of sp³-hybridized carbons (Fsp3) is 0.0952. The van der Waals surface area contributed by atoms with E-state index < -0.39 is 21.7 Å². The van der Waals surface area contributed by atoms with E-state index in [0.29, 0.717) is 10.2 Å². The third kappa shape index (κ3) is 4.98. The molecule has 0 atom stereocenters. The number of halogens is 2. The van der Waals surface area contributed by atoms with Crippen LogP contribution in [0.2, 0.25) is 0 Å². The number of rotatable bonds is 6. The number of benzene rings is 3. The van der Waals surface area contributed by atoms with Gasteiger partial charge in [-0.25, -0.2) is 12.8 Å². The third-order valence-corrected chi connectivity index (χ3v) is 6.09. The van der Waals surface area contributed by atoms with Gasteiger partial charge in [-0.1, -0.05) is 33.6 Å². The van der Waals surface area contributed by atoms with E-state index >= 15 is 0 Å². The molecule has 0 spiro atoms. The van der Waals surface area contributed by atoms with Crippen molar-refractivity contribution < 1.29 is 22.3 Å². The Hall–Kier alpha value is -2.91. The van der Waals surface area contributed by atoms with E-state index in [-0.39, 0.29) is 21.9 Å². The number of carbonyl (C=O) groups excluding carboxylic acids is 1. The molecular weight excluding hydrogens is 475 g/mol. The highest BCUT2D eigenvalue weighted by molar-refractivity contribution is 9.10. The molecule has 0 aliphatic carbocycles. The van der Waals surface area contributed by atoms with Crippen molar-refractivity contribution in [2.75, 3.05) is 17.1 Å². The van der Waals surface area contributed by atoms with Gasteiger partial charge in [0.1, 0.15) is 16.5 Å². The van der Waals surface area contributed by atoms with Crippen LogP contribution in [0.25, 0.3) is 0 Å². The molecule has 0 aliphatic heterocycles. The molecular formula is C21H18BrFN2O4S. The normalized spacial score (nSPS) is 11.1. The minimum Gasteiger partial charge on any atom is -0.495 e. The average molecular weight is 493 g/mol. The van der Waals surface area contributed by atoms with Gasteiger partial charge >= 0.3 is 0 Å². The van der Waals surface area contributed by atoms with Crippen molar-refractivity contribution in [3.8, 4) is 5.75 Å². The Morgan fingerprint density at radius 3 is 2.37 bits per heavy atom. The maximum Gasteiger partial charge on any atom is 0.265 e. The largest absolute Gasteiger partial charge is 0.495 e. The van der Waals surface area contributed by atoms with Crippen LogP contribution in [0, 0.1) is 12.7 Å². The van der Waals surface area contributed by atoms with Gasteiger partial charge in [0.25, 0.3) is 15.9 Å². The van der Waals surface area contributed by atoms with Crippen molar-refractivity contribution in [1.29, 1.82) is 0 Å². The van der Waals surface area contributed by atoms with Crippen LogP contribution in [0.15, 0.2) is 70.0 Å². The second-order valence-electron chi connectivity index (χ2n) is 6.42. The Morgan fingerprint density at radius 2 is 1.73 bits per heavy atom. The van der Waals surface area contributed by atoms with Crippen molar-refractivity contribution in [2.45, 2.75) is 11.8 Å². The third-order valence-electron chi connectivity index (χ3n) is 4.20. The molecule has 30 heavy (non-hydrogen) atoms. The van der Waals surface area contributed by atoms with Gasteiger partial charge < -0.3 is 10.1 Å². The van der Waals surface area contributed by atoms with E-state index in [2.05, 4.69) is 26.0 Å². The molecule has 0 heterocycles. The molecule has 2 N–H and O–H groups in total. The fourth-order valence-electron chi connectivity index (χ4n) is 2.65. The Kier molecular flexibility index (Phi) is 6.42.